The van der Waals surface area contributed by atoms with Crippen molar-refractivity contribution in [3.05, 3.63) is 84.4 Å². The monoisotopic (exact) mass is 406 g/mol. The van der Waals surface area contributed by atoms with Gasteiger partial charge in [0.2, 0.25) is 0 Å². The molecule has 0 saturated heterocycles. The minimum absolute atomic E-state index is 0.151. The van der Waals surface area contributed by atoms with Crippen LogP contribution in [0.15, 0.2) is 73.3 Å². The maximum Gasteiger partial charge on any atom is 0.251 e. The summed E-state index contributed by atoms with van der Waals surface area (Å²) in [5.41, 5.74) is 4.08. The van der Waals surface area contributed by atoms with Gasteiger partial charge in [-0.05, 0) is 42.0 Å². The molecule has 2 aromatic heterocycles. The van der Waals surface area contributed by atoms with Gasteiger partial charge < -0.3 is 10.1 Å². The molecule has 1 amide bonds. The summed E-state index contributed by atoms with van der Waals surface area (Å²) < 4.78 is 7.56. The van der Waals surface area contributed by atoms with E-state index in [0.717, 1.165) is 28.0 Å². The van der Waals surface area contributed by atoms with Gasteiger partial charge in [-0.1, -0.05) is 12.1 Å². The zero-order chi connectivity index (χ0) is 20.1. The molecule has 146 valence electrons. The van der Waals surface area contributed by atoms with Crippen molar-refractivity contribution >= 4 is 28.5 Å². The molecule has 0 aliphatic heterocycles. The Labute approximate surface area is 173 Å². The predicted octanol–water partition coefficient (Wildman–Crippen LogP) is 3.97. The van der Waals surface area contributed by atoms with Gasteiger partial charge >= 0.3 is 0 Å². The average Bonchev–Trinajstić information content (AvgIpc) is 3.20. The fraction of sp³-hybridized carbons (Fsp3) is 0.136. The van der Waals surface area contributed by atoms with Crippen LogP contribution in [0.2, 0.25) is 0 Å². The summed E-state index contributed by atoms with van der Waals surface area (Å²) in [6, 6.07) is 17.0. The summed E-state index contributed by atoms with van der Waals surface area (Å²) >= 11 is 5.69. The molecule has 0 bridgehead atoms. The largest absolute Gasteiger partial charge is 0.492 e. The molecule has 6 nitrogen and oxygen atoms in total. The SMILES string of the molecule is O=C(NCc1cccnc1)c1ccc2c(c1)ncn2-c1cccc(OCCCl)c1. The minimum Gasteiger partial charge on any atom is -0.492 e. The molecule has 7 heteroatoms. The number of pyridine rings is 1. The highest BCUT2D eigenvalue weighted by molar-refractivity contribution is 6.18. The summed E-state index contributed by atoms with van der Waals surface area (Å²) in [6.07, 6.45) is 5.17. The van der Waals surface area contributed by atoms with E-state index in [2.05, 4.69) is 15.3 Å². The minimum atomic E-state index is -0.151. The number of fused-ring (bicyclic) bond motifs is 1. The van der Waals surface area contributed by atoms with Crippen LogP contribution in [0.1, 0.15) is 15.9 Å². The van der Waals surface area contributed by atoms with E-state index in [1.54, 1.807) is 30.9 Å². The molecule has 2 aromatic carbocycles. The fourth-order valence-corrected chi connectivity index (χ4v) is 3.10. The van der Waals surface area contributed by atoms with Crippen molar-refractivity contribution in [3.63, 3.8) is 0 Å². The number of ether oxygens (including phenoxy) is 1. The van der Waals surface area contributed by atoms with Crippen LogP contribution in [0, 0.1) is 0 Å². The highest BCUT2D eigenvalue weighted by Gasteiger charge is 2.11. The number of hydrogen-bond acceptors (Lipinski definition) is 4. The van der Waals surface area contributed by atoms with E-state index in [1.807, 2.05) is 47.0 Å². The van der Waals surface area contributed by atoms with Crippen LogP contribution in [-0.4, -0.2) is 32.9 Å². The Morgan fingerprint density at radius 2 is 2.07 bits per heavy atom. The van der Waals surface area contributed by atoms with Gasteiger partial charge in [0.25, 0.3) is 5.91 Å². The van der Waals surface area contributed by atoms with Crippen molar-refractivity contribution in [2.75, 3.05) is 12.5 Å². The fourth-order valence-electron chi connectivity index (χ4n) is 3.03. The molecule has 0 aliphatic rings. The van der Waals surface area contributed by atoms with E-state index < -0.39 is 0 Å². The summed E-state index contributed by atoms with van der Waals surface area (Å²) in [7, 11) is 0. The first-order valence-electron chi connectivity index (χ1n) is 9.18. The Hall–Kier alpha value is -3.38. The first-order chi connectivity index (χ1) is 14.2. The molecular weight excluding hydrogens is 388 g/mol. The number of amides is 1. The summed E-state index contributed by atoms with van der Waals surface area (Å²) in [6.45, 7) is 0.876. The Balaban J connectivity index is 1.54. The number of hydrogen-bond donors (Lipinski definition) is 1. The van der Waals surface area contributed by atoms with Crippen LogP contribution in [0.3, 0.4) is 0 Å². The van der Waals surface area contributed by atoms with E-state index in [0.29, 0.717) is 24.6 Å². The first-order valence-corrected chi connectivity index (χ1v) is 9.71. The molecule has 4 aromatic rings. The molecule has 0 saturated carbocycles. The number of halogens is 1. The molecule has 0 radical (unpaired) electrons. The molecule has 0 unspecified atom stereocenters. The molecular formula is C22H19ClN4O2. The molecule has 29 heavy (non-hydrogen) atoms. The molecule has 0 spiro atoms. The van der Waals surface area contributed by atoms with Gasteiger partial charge in [0, 0.05) is 30.6 Å². The summed E-state index contributed by atoms with van der Waals surface area (Å²) in [4.78, 5) is 21.0. The van der Waals surface area contributed by atoms with E-state index in [9.17, 15) is 4.79 Å². The van der Waals surface area contributed by atoms with E-state index in [4.69, 9.17) is 16.3 Å². The van der Waals surface area contributed by atoms with E-state index in [-0.39, 0.29) is 5.91 Å². The zero-order valence-electron chi connectivity index (χ0n) is 15.6. The van der Waals surface area contributed by atoms with Crippen LogP contribution in [0.5, 0.6) is 5.75 Å². The maximum absolute atomic E-state index is 12.5. The maximum atomic E-state index is 12.5. The third-order valence-corrected chi connectivity index (χ3v) is 4.58. The van der Waals surface area contributed by atoms with Crippen LogP contribution >= 0.6 is 11.6 Å². The lowest BCUT2D eigenvalue weighted by Crippen LogP contribution is -2.22. The van der Waals surface area contributed by atoms with Crippen molar-refractivity contribution in [2.45, 2.75) is 6.54 Å². The normalized spacial score (nSPS) is 10.8. The molecule has 2 heterocycles. The molecule has 4 rings (SSSR count). The van der Waals surface area contributed by atoms with Crippen molar-refractivity contribution in [1.82, 2.24) is 19.9 Å². The number of rotatable bonds is 7. The van der Waals surface area contributed by atoms with Crippen molar-refractivity contribution < 1.29 is 9.53 Å². The van der Waals surface area contributed by atoms with Crippen LogP contribution < -0.4 is 10.1 Å². The number of carbonyl (C=O) groups is 1. The van der Waals surface area contributed by atoms with Gasteiger partial charge in [-0.15, -0.1) is 11.6 Å². The summed E-state index contributed by atoms with van der Waals surface area (Å²) in [5.74, 6) is 1.03. The lowest BCUT2D eigenvalue weighted by atomic mass is 10.1. The van der Waals surface area contributed by atoms with Gasteiger partial charge in [-0.3, -0.25) is 14.3 Å². The highest BCUT2D eigenvalue weighted by atomic mass is 35.5. The van der Waals surface area contributed by atoms with Gasteiger partial charge in [-0.2, -0.15) is 0 Å². The van der Waals surface area contributed by atoms with E-state index in [1.165, 1.54) is 0 Å². The molecule has 0 aliphatic carbocycles. The van der Waals surface area contributed by atoms with Gasteiger partial charge in [0.15, 0.2) is 0 Å². The van der Waals surface area contributed by atoms with Crippen LogP contribution in [-0.2, 0) is 6.54 Å². The second-order valence-corrected chi connectivity index (χ2v) is 6.77. The number of alkyl halides is 1. The third kappa shape index (κ3) is 4.38. The smallest absolute Gasteiger partial charge is 0.251 e. The quantitative estimate of drug-likeness (QED) is 0.471. The number of nitrogens with one attached hydrogen (secondary N) is 1. The highest BCUT2D eigenvalue weighted by Crippen LogP contribution is 2.22. The first kappa shape index (κ1) is 19.0. The number of nitrogens with zero attached hydrogens (tertiary/aromatic N) is 3. The Bertz CT molecular complexity index is 1130. The average molecular weight is 407 g/mol. The molecule has 0 fully saturated rings. The van der Waals surface area contributed by atoms with Crippen molar-refractivity contribution in [3.8, 4) is 11.4 Å². The van der Waals surface area contributed by atoms with Crippen LogP contribution in [0.4, 0.5) is 0 Å². The van der Waals surface area contributed by atoms with Gasteiger partial charge in [-0.25, -0.2) is 4.98 Å². The second-order valence-electron chi connectivity index (χ2n) is 6.40. The second kappa shape index (κ2) is 8.75. The number of imidazole rings is 1. The van der Waals surface area contributed by atoms with Crippen molar-refractivity contribution in [1.29, 1.82) is 0 Å². The Morgan fingerprint density at radius 1 is 1.14 bits per heavy atom. The van der Waals surface area contributed by atoms with Crippen molar-refractivity contribution in [2.24, 2.45) is 0 Å². The van der Waals surface area contributed by atoms with Crippen LogP contribution in [0.25, 0.3) is 16.7 Å². The summed E-state index contributed by atoms with van der Waals surface area (Å²) in [5, 5.41) is 2.90. The molecule has 0 atom stereocenters. The molecule has 1 N–H and O–H groups in total. The lowest BCUT2D eigenvalue weighted by Gasteiger charge is -2.09. The van der Waals surface area contributed by atoms with Gasteiger partial charge in [0.1, 0.15) is 18.7 Å². The number of aromatic nitrogens is 3. The van der Waals surface area contributed by atoms with E-state index >= 15 is 0 Å². The Morgan fingerprint density at radius 3 is 2.90 bits per heavy atom. The standard InChI is InChI=1S/C22H19ClN4O2/c23-8-10-29-19-5-1-4-18(12-19)27-15-26-20-11-17(6-7-21(20)27)22(28)25-14-16-3-2-9-24-13-16/h1-7,9,11-13,15H,8,10,14H2,(H,25,28). The number of benzene rings is 2. The Kier molecular flexibility index (Phi) is 5.72. The zero-order valence-corrected chi connectivity index (χ0v) is 16.3. The van der Waals surface area contributed by atoms with Gasteiger partial charge in [0.05, 0.1) is 22.6 Å². The predicted molar refractivity (Wildman–Crippen MR) is 113 cm³/mol. The topological polar surface area (TPSA) is 69.0 Å². The third-order valence-electron chi connectivity index (χ3n) is 4.43. The lowest BCUT2D eigenvalue weighted by molar-refractivity contribution is 0.0951. The number of carbonyl (C=O) groups excluding carboxylic acids is 1.